The van der Waals surface area contributed by atoms with Crippen molar-refractivity contribution in [1.82, 2.24) is 0 Å². The molecule has 0 fully saturated rings. The Balaban J connectivity index is 1.97. The molecule has 3 aromatic rings. The van der Waals surface area contributed by atoms with Crippen molar-refractivity contribution < 1.29 is 17.9 Å². The fourth-order valence-electron chi connectivity index (χ4n) is 3.05. The second-order valence-corrected chi connectivity index (χ2v) is 11.1. The molecular weight excluding hydrogens is 607 g/mol. The van der Waals surface area contributed by atoms with Gasteiger partial charge in [0.2, 0.25) is 5.91 Å². The molecule has 9 heteroatoms. The van der Waals surface area contributed by atoms with Gasteiger partial charge in [0.05, 0.1) is 22.2 Å². The summed E-state index contributed by atoms with van der Waals surface area (Å²) in [6.07, 6.45) is 0. The number of amides is 1. The largest absolute Gasteiger partial charge is 0.496 e. The average molecular weight is 629 g/mol. The van der Waals surface area contributed by atoms with Crippen molar-refractivity contribution >= 4 is 65.8 Å². The fraction of sp³-hybridized carbons (Fsp3) is 0.174. The molecule has 1 amide bonds. The van der Waals surface area contributed by atoms with E-state index < -0.39 is 15.9 Å². The quantitative estimate of drug-likeness (QED) is 0.350. The number of ether oxygens (including phenoxy) is 1. The first-order valence-electron chi connectivity index (χ1n) is 9.61. The summed E-state index contributed by atoms with van der Waals surface area (Å²) in [6.45, 7) is 3.43. The Bertz CT molecular complexity index is 1250. The van der Waals surface area contributed by atoms with Gasteiger partial charge in [-0.2, -0.15) is 0 Å². The second-order valence-electron chi connectivity index (χ2n) is 7.15. The van der Waals surface area contributed by atoms with Crippen molar-refractivity contribution in [3.63, 3.8) is 0 Å². The number of hydrogen-bond donors (Lipinski definition) is 1. The highest BCUT2D eigenvalue weighted by molar-refractivity contribution is 14.1. The van der Waals surface area contributed by atoms with Crippen LogP contribution in [0.4, 0.5) is 11.4 Å². The highest BCUT2D eigenvalue weighted by Gasteiger charge is 2.28. The average Bonchev–Trinajstić information content (AvgIpc) is 2.74. The van der Waals surface area contributed by atoms with Gasteiger partial charge in [-0.15, -0.1) is 0 Å². The summed E-state index contributed by atoms with van der Waals surface area (Å²) < 4.78 is 35.0. The predicted octanol–water partition coefficient (Wildman–Crippen LogP) is 5.51. The molecule has 168 valence electrons. The molecule has 0 atom stereocenters. The minimum atomic E-state index is -4.03. The van der Waals surface area contributed by atoms with E-state index in [4.69, 9.17) is 4.74 Å². The summed E-state index contributed by atoms with van der Waals surface area (Å²) in [5.41, 5.74) is 2.92. The number of carbonyl (C=O) groups is 1. The van der Waals surface area contributed by atoms with Gasteiger partial charge in [-0.1, -0.05) is 17.7 Å². The van der Waals surface area contributed by atoms with Crippen LogP contribution in [-0.4, -0.2) is 28.0 Å². The third kappa shape index (κ3) is 5.62. The summed E-state index contributed by atoms with van der Waals surface area (Å²) in [5, 5.41) is 2.82. The Hall–Kier alpha value is -2.11. The molecule has 0 heterocycles. The van der Waals surface area contributed by atoms with Crippen LogP contribution < -0.4 is 14.4 Å². The van der Waals surface area contributed by atoms with E-state index in [-0.39, 0.29) is 11.4 Å². The fourth-order valence-corrected chi connectivity index (χ4v) is 5.84. The number of aryl methyl sites for hydroxylation is 2. The van der Waals surface area contributed by atoms with E-state index in [0.29, 0.717) is 21.6 Å². The number of benzene rings is 3. The monoisotopic (exact) mass is 628 g/mol. The minimum Gasteiger partial charge on any atom is -0.496 e. The van der Waals surface area contributed by atoms with Crippen LogP contribution in [0.5, 0.6) is 5.75 Å². The van der Waals surface area contributed by atoms with Crippen LogP contribution in [0.3, 0.4) is 0 Å². The topological polar surface area (TPSA) is 75.7 Å². The Morgan fingerprint density at radius 1 is 1.06 bits per heavy atom. The van der Waals surface area contributed by atoms with E-state index in [9.17, 15) is 13.2 Å². The number of nitrogens with zero attached hydrogens (tertiary/aromatic N) is 1. The van der Waals surface area contributed by atoms with Crippen LogP contribution in [0.1, 0.15) is 11.1 Å². The second kappa shape index (κ2) is 10.2. The summed E-state index contributed by atoms with van der Waals surface area (Å²) in [4.78, 5) is 12.9. The molecular formula is C23H22BrIN2O4S. The molecule has 0 spiro atoms. The van der Waals surface area contributed by atoms with Crippen LogP contribution in [0, 0.1) is 17.4 Å². The molecule has 0 aliphatic carbocycles. The lowest BCUT2D eigenvalue weighted by Crippen LogP contribution is -2.38. The molecule has 0 saturated heterocycles. The van der Waals surface area contributed by atoms with Gasteiger partial charge in [-0.3, -0.25) is 9.10 Å². The standard InChI is InChI=1S/C23H22BrIN2O4S/c1-15-4-7-18(8-5-15)27(14-23(28)26-21-10-6-17(25)12-16(21)2)32(29,30)19-9-11-22(31-3)20(24)13-19/h4-13H,14H2,1-3H3,(H,26,28). The third-order valence-electron chi connectivity index (χ3n) is 4.78. The van der Waals surface area contributed by atoms with E-state index in [2.05, 4.69) is 43.8 Å². The maximum absolute atomic E-state index is 13.6. The predicted molar refractivity (Wildman–Crippen MR) is 139 cm³/mol. The Kier molecular flexibility index (Phi) is 7.84. The zero-order valence-corrected chi connectivity index (χ0v) is 22.3. The lowest BCUT2D eigenvalue weighted by Gasteiger charge is -2.24. The number of carbonyl (C=O) groups excluding carboxylic acids is 1. The van der Waals surface area contributed by atoms with Crippen molar-refractivity contribution in [3.8, 4) is 5.75 Å². The van der Waals surface area contributed by atoms with Crippen LogP contribution in [0.25, 0.3) is 0 Å². The first kappa shape index (κ1) is 24.5. The number of anilines is 2. The van der Waals surface area contributed by atoms with E-state index in [1.165, 1.54) is 19.2 Å². The van der Waals surface area contributed by atoms with Gasteiger partial charge in [0.25, 0.3) is 10.0 Å². The first-order valence-corrected chi connectivity index (χ1v) is 12.9. The van der Waals surface area contributed by atoms with Crippen LogP contribution in [0.2, 0.25) is 0 Å². The molecule has 0 unspecified atom stereocenters. The minimum absolute atomic E-state index is 0.0454. The molecule has 3 aromatic carbocycles. The maximum Gasteiger partial charge on any atom is 0.264 e. The summed E-state index contributed by atoms with van der Waals surface area (Å²) >= 11 is 5.53. The van der Waals surface area contributed by atoms with Gasteiger partial charge < -0.3 is 10.1 Å². The SMILES string of the molecule is COc1ccc(S(=O)(=O)N(CC(=O)Nc2ccc(I)cc2C)c2ccc(C)cc2)cc1Br. The highest BCUT2D eigenvalue weighted by Crippen LogP contribution is 2.31. The lowest BCUT2D eigenvalue weighted by atomic mass is 10.2. The summed E-state index contributed by atoms with van der Waals surface area (Å²) in [7, 11) is -2.53. The van der Waals surface area contributed by atoms with Gasteiger partial charge in [0.15, 0.2) is 0 Å². The van der Waals surface area contributed by atoms with Crippen molar-refractivity contribution in [2.45, 2.75) is 18.7 Å². The Labute approximate surface area is 210 Å². The van der Waals surface area contributed by atoms with E-state index in [0.717, 1.165) is 19.0 Å². The van der Waals surface area contributed by atoms with Gasteiger partial charge in [-0.25, -0.2) is 8.42 Å². The number of methoxy groups -OCH3 is 1. The van der Waals surface area contributed by atoms with Crippen molar-refractivity contribution in [2.75, 3.05) is 23.3 Å². The molecule has 0 saturated carbocycles. The van der Waals surface area contributed by atoms with E-state index in [1.807, 2.05) is 38.1 Å². The van der Waals surface area contributed by atoms with Gasteiger partial charge >= 0.3 is 0 Å². The Morgan fingerprint density at radius 2 is 1.75 bits per heavy atom. The summed E-state index contributed by atoms with van der Waals surface area (Å²) in [5.74, 6) is 0.0730. The molecule has 6 nitrogen and oxygen atoms in total. The third-order valence-corrected chi connectivity index (χ3v) is 7.84. The van der Waals surface area contributed by atoms with Crippen LogP contribution in [0.15, 0.2) is 70.0 Å². The molecule has 0 radical (unpaired) electrons. The normalized spacial score (nSPS) is 11.2. The molecule has 1 N–H and O–H groups in total. The molecule has 32 heavy (non-hydrogen) atoms. The smallest absolute Gasteiger partial charge is 0.264 e. The number of halogens is 2. The number of rotatable bonds is 7. The van der Waals surface area contributed by atoms with Gasteiger partial charge in [0, 0.05) is 9.26 Å². The molecule has 0 aliphatic heterocycles. The van der Waals surface area contributed by atoms with Gasteiger partial charge in [0.1, 0.15) is 12.3 Å². The molecule has 3 rings (SSSR count). The van der Waals surface area contributed by atoms with Crippen LogP contribution >= 0.6 is 38.5 Å². The van der Waals surface area contributed by atoms with Crippen molar-refractivity contribution in [3.05, 3.63) is 79.8 Å². The Morgan fingerprint density at radius 3 is 2.34 bits per heavy atom. The molecule has 0 bridgehead atoms. The number of nitrogens with one attached hydrogen (secondary N) is 1. The van der Waals surface area contributed by atoms with Gasteiger partial charge in [-0.05, 0) is 106 Å². The van der Waals surface area contributed by atoms with Crippen molar-refractivity contribution in [1.29, 1.82) is 0 Å². The maximum atomic E-state index is 13.6. The number of sulfonamides is 1. The van der Waals surface area contributed by atoms with E-state index >= 15 is 0 Å². The zero-order chi connectivity index (χ0) is 23.5. The first-order chi connectivity index (χ1) is 15.1. The lowest BCUT2D eigenvalue weighted by molar-refractivity contribution is -0.114. The highest BCUT2D eigenvalue weighted by atomic mass is 127. The summed E-state index contributed by atoms with van der Waals surface area (Å²) in [6, 6.07) is 17.1. The zero-order valence-electron chi connectivity index (χ0n) is 17.7. The molecule has 0 aromatic heterocycles. The number of hydrogen-bond acceptors (Lipinski definition) is 4. The van der Waals surface area contributed by atoms with Crippen molar-refractivity contribution in [2.24, 2.45) is 0 Å². The molecule has 0 aliphatic rings. The van der Waals surface area contributed by atoms with Crippen LogP contribution in [-0.2, 0) is 14.8 Å². The van der Waals surface area contributed by atoms with E-state index in [1.54, 1.807) is 24.3 Å².